The fourth-order valence-corrected chi connectivity index (χ4v) is 2.90. The molecule has 0 unspecified atom stereocenters. The van der Waals surface area contributed by atoms with Crippen LogP contribution in [0, 0.1) is 0 Å². The van der Waals surface area contributed by atoms with Crippen molar-refractivity contribution < 1.29 is 0 Å². The minimum absolute atomic E-state index is 0.703. The Bertz CT molecular complexity index is 326. The lowest BCUT2D eigenvalue weighted by atomic mass is 9.95. The van der Waals surface area contributed by atoms with Crippen molar-refractivity contribution in [2.24, 2.45) is 0 Å². The van der Waals surface area contributed by atoms with Gasteiger partial charge in [0.1, 0.15) is 0 Å². The van der Waals surface area contributed by atoms with Gasteiger partial charge in [-0.15, -0.1) is 0 Å². The van der Waals surface area contributed by atoms with Crippen molar-refractivity contribution in [2.45, 2.75) is 44.7 Å². The minimum Gasteiger partial charge on any atom is -0.399 e. The molecule has 1 aliphatic rings. The van der Waals surface area contributed by atoms with Gasteiger partial charge in [0, 0.05) is 22.7 Å². The second-order valence-corrected chi connectivity index (χ2v) is 5.52. The van der Waals surface area contributed by atoms with Crippen molar-refractivity contribution in [1.82, 2.24) is 5.32 Å². The molecule has 3 N–H and O–H groups in total. The van der Waals surface area contributed by atoms with Gasteiger partial charge in [0.25, 0.3) is 0 Å². The molecule has 3 heteroatoms. The maximum Gasteiger partial charge on any atom is 0.0328 e. The molecule has 0 bridgehead atoms. The first kappa shape index (κ1) is 11.9. The van der Waals surface area contributed by atoms with E-state index in [1.807, 2.05) is 12.1 Å². The Hall–Kier alpha value is -0.540. The summed E-state index contributed by atoms with van der Waals surface area (Å²) < 4.78 is 1.06. The van der Waals surface area contributed by atoms with Crippen molar-refractivity contribution in [2.75, 3.05) is 5.73 Å². The summed E-state index contributed by atoms with van der Waals surface area (Å²) in [5.74, 6) is 0. The third-order valence-electron chi connectivity index (χ3n) is 3.18. The van der Waals surface area contributed by atoms with Crippen LogP contribution < -0.4 is 11.1 Å². The smallest absolute Gasteiger partial charge is 0.0328 e. The molecular weight excluding hydrogens is 264 g/mol. The highest BCUT2D eigenvalue weighted by Gasteiger charge is 2.12. The first-order chi connectivity index (χ1) is 7.74. The van der Waals surface area contributed by atoms with Gasteiger partial charge in [-0.2, -0.15) is 0 Å². The van der Waals surface area contributed by atoms with Gasteiger partial charge in [0.2, 0.25) is 0 Å². The summed E-state index contributed by atoms with van der Waals surface area (Å²) in [5.41, 5.74) is 7.90. The Balaban J connectivity index is 1.88. The number of nitrogen functional groups attached to an aromatic ring is 1. The monoisotopic (exact) mass is 282 g/mol. The maximum atomic E-state index is 5.81. The molecule has 0 saturated heterocycles. The second kappa shape index (κ2) is 5.69. The van der Waals surface area contributed by atoms with Crippen LogP contribution in [0.15, 0.2) is 22.7 Å². The van der Waals surface area contributed by atoms with Crippen LogP contribution >= 0.6 is 15.9 Å². The highest BCUT2D eigenvalue weighted by Crippen LogP contribution is 2.20. The van der Waals surface area contributed by atoms with Crippen molar-refractivity contribution in [3.05, 3.63) is 28.2 Å². The van der Waals surface area contributed by atoms with Crippen LogP contribution in [-0.2, 0) is 6.54 Å². The lowest BCUT2D eigenvalue weighted by Gasteiger charge is -2.23. The molecule has 1 aromatic rings. The quantitative estimate of drug-likeness (QED) is 0.834. The summed E-state index contributed by atoms with van der Waals surface area (Å²) in [6.07, 6.45) is 6.80. The normalized spacial score (nSPS) is 17.6. The average molecular weight is 283 g/mol. The fourth-order valence-electron chi connectivity index (χ4n) is 2.35. The molecule has 0 radical (unpaired) electrons. The van der Waals surface area contributed by atoms with Gasteiger partial charge in [-0.05, 0) is 36.6 Å². The van der Waals surface area contributed by atoms with Gasteiger partial charge in [0.05, 0.1) is 0 Å². The molecule has 16 heavy (non-hydrogen) atoms. The van der Waals surface area contributed by atoms with Gasteiger partial charge < -0.3 is 11.1 Å². The number of rotatable bonds is 3. The third kappa shape index (κ3) is 3.49. The molecular formula is C13H19BrN2. The van der Waals surface area contributed by atoms with E-state index in [9.17, 15) is 0 Å². The topological polar surface area (TPSA) is 38.0 Å². The Morgan fingerprint density at radius 2 is 1.94 bits per heavy atom. The summed E-state index contributed by atoms with van der Waals surface area (Å²) in [5, 5.41) is 3.62. The molecule has 0 spiro atoms. The van der Waals surface area contributed by atoms with Gasteiger partial charge in [0.15, 0.2) is 0 Å². The predicted molar refractivity (Wildman–Crippen MR) is 72.3 cm³/mol. The summed E-state index contributed by atoms with van der Waals surface area (Å²) in [6.45, 7) is 0.925. The van der Waals surface area contributed by atoms with Crippen molar-refractivity contribution in [3.8, 4) is 0 Å². The summed E-state index contributed by atoms with van der Waals surface area (Å²) in [6, 6.07) is 6.81. The van der Waals surface area contributed by atoms with E-state index in [1.54, 1.807) is 0 Å². The first-order valence-corrected chi connectivity index (χ1v) is 6.81. The summed E-state index contributed by atoms with van der Waals surface area (Å²) >= 11 is 3.47. The summed E-state index contributed by atoms with van der Waals surface area (Å²) in [7, 11) is 0. The first-order valence-electron chi connectivity index (χ1n) is 6.02. The van der Waals surface area contributed by atoms with E-state index in [0.717, 1.165) is 16.7 Å². The number of anilines is 1. The Kier molecular flexibility index (Phi) is 4.24. The van der Waals surface area contributed by atoms with E-state index < -0.39 is 0 Å². The second-order valence-electron chi connectivity index (χ2n) is 4.61. The SMILES string of the molecule is Nc1cc(Br)cc(CNC2CCCCC2)c1. The average Bonchev–Trinajstić information content (AvgIpc) is 2.27. The van der Waals surface area contributed by atoms with E-state index >= 15 is 0 Å². The Morgan fingerprint density at radius 1 is 1.19 bits per heavy atom. The van der Waals surface area contributed by atoms with Crippen LogP contribution in [0.5, 0.6) is 0 Å². The third-order valence-corrected chi connectivity index (χ3v) is 3.64. The Labute approximate surface area is 106 Å². The highest BCUT2D eigenvalue weighted by atomic mass is 79.9. The van der Waals surface area contributed by atoms with Crippen molar-refractivity contribution in [3.63, 3.8) is 0 Å². The van der Waals surface area contributed by atoms with Gasteiger partial charge in [-0.3, -0.25) is 0 Å². The zero-order chi connectivity index (χ0) is 11.4. The molecule has 0 atom stereocenters. The lowest BCUT2D eigenvalue weighted by Crippen LogP contribution is -2.30. The van der Waals surface area contributed by atoms with Gasteiger partial charge in [-0.1, -0.05) is 35.2 Å². The van der Waals surface area contributed by atoms with Crippen molar-refractivity contribution >= 4 is 21.6 Å². The molecule has 0 heterocycles. The van der Waals surface area contributed by atoms with Gasteiger partial charge in [-0.25, -0.2) is 0 Å². The number of hydrogen-bond donors (Lipinski definition) is 2. The van der Waals surface area contributed by atoms with E-state index in [1.165, 1.54) is 37.7 Å². The molecule has 1 saturated carbocycles. The number of nitrogens with two attached hydrogens (primary N) is 1. The number of benzene rings is 1. The van der Waals surface area contributed by atoms with Crippen LogP contribution in [0.4, 0.5) is 5.69 Å². The molecule has 1 fully saturated rings. The lowest BCUT2D eigenvalue weighted by molar-refractivity contribution is 0.372. The molecule has 1 aliphatic carbocycles. The maximum absolute atomic E-state index is 5.81. The molecule has 0 aromatic heterocycles. The van der Waals surface area contributed by atoms with Crippen LogP contribution in [0.2, 0.25) is 0 Å². The zero-order valence-electron chi connectivity index (χ0n) is 9.51. The van der Waals surface area contributed by atoms with Crippen LogP contribution in [-0.4, -0.2) is 6.04 Å². The number of hydrogen-bond acceptors (Lipinski definition) is 2. The molecule has 1 aromatic carbocycles. The van der Waals surface area contributed by atoms with Crippen LogP contribution in [0.25, 0.3) is 0 Å². The molecule has 2 rings (SSSR count). The van der Waals surface area contributed by atoms with E-state index in [4.69, 9.17) is 5.73 Å². The largest absolute Gasteiger partial charge is 0.399 e. The zero-order valence-corrected chi connectivity index (χ0v) is 11.1. The van der Waals surface area contributed by atoms with Crippen LogP contribution in [0.1, 0.15) is 37.7 Å². The molecule has 88 valence electrons. The fraction of sp³-hybridized carbons (Fsp3) is 0.538. The minimum atomic E-state index is 0.703. The highest BCUT2D eigenvalue weighted by molar-refractivity contribution is 9.10. The van der Waals surface area contributed by atoms with Crippen molar-refractivity contribution in [1.29, 1.82) is 0 Å². The van der Waals surface area contributed by atoms with E-state index in [2.05, 4.69) is 27.3 Å². The number of nitrogens with one attached hydrogen (secondary N) is 1. The summed E-state index contributed by atoms with van der Waals surface area (Å²) in [4.78, 5) is 0. The Morgan fingerprint density at radius 3 is 2.62 bits per heavy atom. The molecule has 0 aliphatic heterocycles. The number of halogens is 1. The predicted octanol–water partition coefficient (Wildman–Crippen LogP) is 3.45. The molecule has 2 nitrogen and oxygen atoms in total. The van der Waals surface area contributed by atoms with E-state index in [-0.39, 0.29) is 0 Å². The standard InChI is InChI=1S/C13H19BrN2/c14-11-6-10(7-12(15)8-11)9-16-13-4-2-1-3-5-13/h6-8,13,16H,1-5,9,15H2. The van der Waals surface area contributed by atoms with E-state index in [0.29, 0.717) is 6.04 Å². The van der Waals surface area contributed by atoms with Gasteiger partial charge >= 0.3 is 0 Å². The van der Waals surface area contributed by atoms with Crippen LogP contribution in [0.3, 0.4) is 0 Å². The molecule has 0 amide bonds.